The number of carbonyl (C=O) groups excluding carboxylic acids is 1. The SMILES string of the molecule is Cn1c(=O)oc2cc(C3C(=O)N(Cc4ccccc4-c4ccccc4)c4ccccc43)c(O)cc21. The number of anilines is 1. The number of nitrogens with zero attached hydrogens (tertiary/aromatic N) is 2. The quantitative estimate of drug-likeness (QED) is 0.399. The van der Waals surface area contributed by atoms with Crippen LogP contribution in [-0.2, 0) is 18.4 Å². The highest BCUT2D eigenvalue weighted by atomic mass is 16.4. The summed E-state index contributed by atoms with van der Waals surface area (Å²) in [5.74, 6) is -1.41. The highest BCUT2D eigenvalue weighted by molar-refractivity contribution is 6.07. The molecule has 1 aliphatic heterocycles. The molecule has 1 amide bonds. The Hall–Kier alpha value is -4.58. The lowest BCUT2D eigenvalue weighted by molar-refractivity contribution is -0.118. The number of hydrogen-bond donors (Lipinski definition) is 1. The van der Waals surface area contributed by atoms with Crippen molar-refractivity contribution in [1.82, 2.24) is 4.57 Å². The lowest BCUT2D eigenvalue weighted by Gasteiger charge is -2.20. The monoisotopic (exact) mass is 462 g/mol. The Bertz CT molecular complexity index is 1650. The number of amides is 1. The molecule has 1 atom stereocenters. The largest absolute Gasteiger partial charge is 0.508 e. The Kier molecular flexibility index (Phi) is 4.81. The van der Waals surface area contributed by atoms with Crippen LogP contribution in [0.4, 0.5) is 5.69 Å². The van der Waals surface area contributed by atoms with Crippen molar-refractivity contribution < 1.29 is 14.3 Å². The van der Waals surface area contributed by atoms with Crippen LogP contribution in [0.1, 0.15) is 22.6 Å². The van der Waals surface area contributed by atoms with Crippen LogP contribution >= 0.6 is 0 Å². The molecule has 6 heteroatoms. The second-order valence-electron chi connectivity index (χ2n) is 8.75. The maximum absolute atomic E-state index is 13.9. The molecule has 1 N–H and O–H groups in total. The fourth-order valence-corrected chi connectivity index (χ4v) is 4.99. The van der Waals surface area contributed by atoms with Gasteiger partial charge in [0.15, 0.2) is 5.58 Å². The van der Waals surface area contributed by atoms with E-state index >= 15 is 0 Å². The number of aromatic nitrogens is 1. The van der Waals surface area contributed by atoms with Gasteiger partial charge in [-0.05, 0) is 34.4 Å². The summed E-state index contributed by atoms with van der Waals surface area (Å²) in [4.78, 5) is 27.7. The first-order chi connectivity index (χ1) is 17.0. The predicted octanol–water partition coefficient (Wildman–Crippen LogP) is 5.18. The Labute approximate surface area is 201 Å². The highest BCUT2D eigenvalue weighted by Crippen LogP contribution is 2.45. The van der Waals surface area contributed by atoms with Gasteiger partial charge in [0, 0.05) is 24.4 Å². The summed E-state index contributed by atoms with van der Waals surface area (Å²) in [7, 11) is 1.58. The Morgan fingerprint density at radius 2 is 1.57 bits per heavy atom. The molecule has 1 aliphatic rings. The molecule has 6 rings (SSSR count). The molecule has 0 radical (unpaired) electrons. The van der Waals surface area contributed by atoms with Gasteiger partial charge in [-0.15, -0.1) is 0 Å². The van der Waals surface area contributed by atoms with Crippen LogP contribution in [0.25, 0.3) is 22.2 Å². The second kappa shape index (κ2) is 8.02. The number of hydrogen-bond acceptors (Lipinski definition) is 4. The standard InChI is InChI=1S/C29H22N2O4/c1-30-24-16-25(32)22(15-26(24)35-29(30)34)27-21-13-7-8-14-23(21)31(28(27)33)17-19-11-5-6-12-20(19)18-9-3-2-4-10-18/h2-16,27,32H,17H2,1H3. The minimum absolute atomic E-state index is 0.0476. The molecular weight excluding hydrogens is 440 g/mol. The average molecular weight is 463 g/mol. The molecule has 6 nitrogen and oxygen atoms in total. The highest BCUT2D eigenvalue weighted by Gasteiger charge is 2.40. The molecule has 35 heavy (non-hydrogen) atoms. The van der Waals surface area contributed by atoms with Crippen LogP contribution in [0.5, 0.6) is 5.75 Å². The van der Waals surface area contributed by atoms with Crippen molar-refractivity contribution in [1.29, 1.82) is 0 Å². The minimum Gasteiger partial charge on any atom is -0.508 e. The van der Waals surface area contributed by atoms with Crippen LogP contribution < -0.4 is 10.7 Å². The zero-order valence-corrected chi connectivity index (χ0v) is 19.0. The maximum Gasteiger partial charge on any atom is 0.419 e. The van der Waals surface area contributed by atoms with Gasteiger partial charge in [0.25, 0.3) is 0 Å². The summed E-state index contributed by atoms with van der Waals surface area (Å²) in [5.41, 5.74) is 6.02. The second-order valence-corrected chi connectivity index (χ2v) is 8.75. The van der Waals surface area contributed by atoms with Gasteiger partial charge < -0.3 is 14.4 Å². The molecule has 0 bridgehead atoms. The predicted molar refractivity (Wildman–Crippen MR) is 134 cm³/mol. The van der Waals surface area contributed by atoms with Crippen molar-refractivity contribution >= 4 is 22.7 Å². The summed E-state index contributed by atoms with van der Waals surface area (Å²) in [6, 6.07) is 28.9. The number of phenolic OH excluding ortho intramolecular Hbond substituents is 1. The van der Waals surface area contributed by atoms with E-state index in [1.54, 1.807) is 18.0 Å². The smallest absolute Gasteiger partial charge is 0.419 e. The number of aryl methyl sites for hydroxylation is 1. The van der Waals surface area contributed by atoms with E-state index in [0.29, 0.717) is 23.2 Å². The first-order valence-corrected chi connectivity index (χ1v) is 11.4. The van der Waals surface area contributed by atoms with Gasteiger partial charge >= 0.3 is 5.76 Å². The average Bonchev–Trinajstić information content (AvgIpc) is 3.31. The third-order valence-electron chi connectivity index (χ3n) is 6.73. The van der Waals surface area contributed by atoms with Crippen molar-refractivity contribution in [3.63, 3.8) is 0 Å². The van der Waals surface area contributed by atoms with E-state index in [9.17, 15) is 14.7 Å². The van der Waals surface area contributed by atoms with Gasteiger partial charge in [-0.3, -0.25) is 9.36 Å². The normalized spacial score (nSPS) is 15.1. The number of phenols is 1. The molecule has 2 heterocycles. The Morgan fingerprint density at radius 1 is 0.857 bits per heavy atom. The number of carbonyl (C=O) groups is 1. The molecule has 172 valence electrons. The van der Waals surface area contributed by atoms with Crippen LogP contribution in [0.2, 0.25) is 0 Å². The number of para-hydroxylation sites is 1. The van der Waals surface area contributed by atoms with Gasteiger partial charge in [-0.1, -0.05) is 72.8 Å². The van der Waals surface area contributed by atoms with Crippen molar-refractivity contribution in [3.05, 3.63) is 118 Å². The third kappa shape index (κ3) is 3.34. The zero-order valence-electron chi connectivity index (χ0n) is 19.0. The van der Waals surface area contributed by atoms with Crippen LogP contribution in [0.15, 0.2) is 100 Å². The summed E-state index contributed by atoms with van der Waals surface area (Å²) in [6.07, 6.45) is 0. The van der Waals surface area contributed by atoms with E-state index in [4.69, 9.17) is 4.42 Å². The molecule has 1 unspecified atom stereocenters. The third-order valence-corrected chi connectivity index (χ3v) is 6.73. The molecule has 0 spiro atoms. The number of fused-ring (bicyclic) bond motifs is 2. The van der Waals surface area contributed by atoms with Gasteiger partial charge in [-0.25, -0.2) is 4.79 Å². The lowest BCUT2D eigenvalue weighted by atomic mass is 9.91. The molecule has 0 saturated carbocycles. The number of aromatic hydroxyl groups is 1. The van der Waals surface area contributed by atoms with Crippen LogP contribution in [-0.4, -0.2) is 15.6 Å². The van der Waals surface area contributed by atoms with Crippen molar-refractivity contribution in [3.8, 4) is 16.9 Å². The molecule has 5 aromatic rings. The van der Waals surface area contributed by atoms with E-state index < -0.39 is 11.7 Å². The minimum atomic E-state index is -0.704. The van der Waals surface area contributed by atoms with Gasteiger partial charge in [0.2, 0.25) is 5.91 Å². The molecule has 4 aromatic carbocycles. The first kappa shape index (κ1) is 21.0. The molecular formula is C29H22N2O4. The van der Waals surface area contributed by atoms with Crippen LogP contribution in [0, 0.1) is 0 Å². The summed E-state index contributed by atoms with van der Waals surface area (Å²) < 4.78 is 6.67. The molecule has 0 saturated heterocycles. The topological polar surface area (TPSA) is 75.7 Å². The number of oxazole rings is 1. The van der Waals surface area contributed by atoms with Gasteiger partial charge in [0.05, 0.1) is 18.0 Å². The summed E-state index contributed by atoms with van der Waals surface area (Å²) in [6.45, 7) is 0.390. The fraction of sp³-hybridized carbons (Fsp3) is 0.103. The summed E-state index contributed by atoms with van der Waals surface area (Å²) >= 11 is 0. The van der Waals surface area contributed by atoms with Crippen molar-refractivity contribution in [2.24, 2.45) is 7.05 Å². The van der Waals surface area contributed by atoms with Crippen molar-refractivity contribution in [2.75, 3.05) is 4.90 Å². The van der Waals surface area contributed by atoms with E-state index in [2.05, 4.69) is 18.2 Å². The zero-order chi connectivity index (χ0) is 24.1. The number of benzene rings is 4. The Balaban J connectivity index is 1.45. The van der Waals surface area contributed by atoms with E-state index in [-0.39, 0.29) is 11.7 Å². The van der Waals surface area contributed by atoms with Gasteiger partial charge in [-0.2, -0.15) is 0 Å². The van der Waals surface area contributed by atoms with E-state index in [0.717, 1.165) is 27.9 Å². The van der Waals surface area contributed by atoms with E-state index in [1.165, 1.54) is 10.6 Å². The lowest BCUT2D eigenvalue weighted by Crippen LogP contribution is -2.29. The van der Waals surface area contributed by atoms with Crippen LogP contribution in [0.3, 0.4) is 0 Å². The molecule has 1 aromatic heterocycles. The van der Waals surface area contributed by atoms with Crippen molar-refractivity contribution in [2.45, 2.75) is 12.5 Å². The fourth-order valence-electron chi connectivity index (χ4n) is 4.99. The molecule has 0 fully saturated rings. The maximum atomic E-state index is 13.9. The van der Waals surface area contributed by atoms with Gasteiger partial charge in [0.1, 0.15) is 5.75 Å². The number of rotatable bonds is 4. The van der Waals surface area contributed by atoms with E-state index in [1.807, 2.05) is 60.7 Å². The summed E-state index contributed by atoms with van der Waals surface area (Å²) in [5, 5.41) is 10.9. The first-order valence-electron chi connectivity index (χ1n) is 11.4. The molecule has 0 aliphatic carbocycles. The Morgan fingerprint density at radius 3 is 2.40 bits per heavy atom.